The molecular formula is C10H11N5. The maximum atomic E-state index is 5.62. The number of pyridine rings is 1. The average Bonchev–Trinajstić information content (AvgIpc) is 2.62. The Morgan fingerprint density at radius 1 is 1.27 bits per heavy atom. The monoisotopic (exact) mass is 201 g/mol. The molecule has 0 radical (unpaired) electrons. The van der Waals surface area contributed by atoms with Gasteiger partial charge in [0.25, 0.3) is 0 Å². The number of nitrogens with zero attached hydrogens (tertiary/aromatic N) is 4. The normalized spacial score (nSPS) is 10.5. The fourth-order valence-corrected chi connectivity index (χ4v) is 1.34. The van der Waals surface area contributed by atoms with Crippen LogP contribution >= 0.6 is 0 Å². The van der Waals surface area contributed by atoms with Crippen molar-refractivity contribution in [1.29, 1.82) is 0 Å². The van der Waals surface area contributed by atoms with Crippen molar-refractivity contribution in [3.05, 3.63) is 23.0 Å². The maximum Gasteiger partial charge on any atom is 0.159 e. The summed E-state index contributed by atoms with van der Waals surface area (Å²) in [6.07, 6.45) is 3.12. The van der Waals surface area contributed by atoms with E-state index in [1.807, 2.05) is 0 Å². The minimum atomic E-state index is 0.394. The molecule has 2 aromatic heterocycles. The smallest absolute Gasteiger partial charge is 0.159 e. The molecule has 0 amide bonds. The highest BCUT2D eigenvalue weighted by Gasteiger charge is 2.06. The lowest BCUT2D eigenvalue weighted by Crippen LogP contribution is -2.29. The minimum Gasteiger partial charge on any atom is -0.383 e. The van der Waals surface area contributed by atoms with E-state index in [-0.39, 0.29) is 0 Å². The zero-order valence-electron chi connectivity index (χ0n) is 8.44. The second kappa shape index (κ2) is 3.20. The molecule has 2 rings (SSSR count). The van der Waals surface area contributed by atoms with E-state index in [4.69, 9.17) is 5.73 Å². The van der Waals surface area contributed by atoms with Gasteiger partial charge in [-0.15, -0.1) is 0 Å². The number of aryl methyl sites for hydroxylation is 1. The molecular weight excluding hydrogens is 190 g/mol. The number of nitrogens with two attached hydrogens (primary N) is 1. The van der Waals surface area contributed by atoms with Gasteiger partial charge in [-0.25, -0.2) is 14.6 Å². The van der Waals surface area contributed by atoms with E-state index < -0.39 is 0 Å². The van der Waals surface area contributed by atoms with Gasteiger partial charge < -0.3 is 5.73 Å². The van der Waals surface area contributed by atoms with Gasteiger partial charge in [0, 0.05) is 24.0 Å². The van der Waals surface area contributed by atoms with Crippen molar-refractivity contribution in [1.82, 2.24) is 19.7 Å². The molecule has 0 bridgehead atoms. The topological polar surface area (TPSA) is 69.6 Å². The van der Waals surface area contributed by atoms with Crippen LogP contribution < -0.4 is 16.2 Å². The molecule has 76 valence electrons. The molecule has 0 aliphatic rings. The fourth-order valence-electron chi connectivity index (χ4n) is 1.34. The lowest BCUT2D eigenvalue weighted by Gasteiger charge is -2.02. The van der Waals surface area contributed by atoms with Crippen LogP contribution in [0.4, 0.5) is 5.82 Å². The van der Waals surface area contributed by atoms with E-state index in [1.165, 1.54) is 6.33 Å². The Bertz CT molecular complexity index is 599. The van der Waals surface area contributed by atoms with Crippen LogP contribution in [0.3, 0.4) is 0 Å². The van der Waals surface area contributed by atoms with Crippen molar-refractivity contribution < 1.29 is 0 Å². The van der Waals surface area contributed by atoms with Crippen molar-refractivity contribution >= 4 is 19.0 Å². The molecule has 2 aromatic rings. The lowest BCUT2D eigenvalue weighted by atomic mass is 10.2. The number of hydrogen-bond donors (Lipinski definition) is 1. The summed E-state index contributed by atoms with van der Waals surface area (Å²) in [7, 11) is 1.81. The zero-order valence-corrected chi connectivity index (χ0v) is 8.44. The summed E-state index contributed by atoms with van der Waals surface area (Å²) >= 11 is 0. The maximum absolute atomic E-state index is 5.62. The molecule has 0 saturated heterocycles. The summed E-state index contributed by atoms with van der Waals surface area (Å²) in [6.45, 7) is 7.73. The molecule has 0 atom stereocenters. The van der Waals surface area contributed by atoms with E-state index in [0.717, 1.165) is 10.8 Å². The molecule has 15 heavy (non-hydrogen) atoms. The zero-order chi connectivity index (χ0) is 11.0. The van der Waals surface area contributed by atoms with Gasteiger partial charge in [0.05, 0.1) is 0 Å². The van der Waals surface area contributed by atoms with Crippen LogP contribution in [0, 0.1) is 0 Å². The first-order chi connectivity index (χ1) is 7.11. The largest absolute Gasteiger partial charge is 0.383 e. The molecule has 0 spiro atoms. The number of nitrogen functional groups attached to an aromatic ring is 1. The third kappa shape index (κ3) is 1.38. The van der Waals surface area contributed by atoms with Gasteiger partial charge in [-0.1, -0.05) is 13.2 Å². The molecule has 0 aliphatic carbocycles. The third-order valence-electron chi connectivity index (χ3n) is 2.28. The number of hydrogen-bond acceptors (Lipinski definition) is 4. The first-order valence-corrected chi connectivity index (χ1v) is 4.38. The quantitative estimate of drug-likeness (QED) is 0.661. The molecule has 5 nitrogen and oxygen atoms in total. The molecule has 0 unspecified atom stereocenters. The highest BCUT2D eigenvalue weighted by atomic mass is 15.3. The van der Waals surface area contributed by atoms with Crippen molar-refractivity contribution in [3.8, 4) is 11.4 Å². The standard InChI is InChI=1S/C10H11N5/c1-6-7(2)9(11)12-4-8(6)10-13-5-14-15(10)3/h4-5H,1-2H2,3H3,(H2,11,12). The van der Waals surface area contributed by atoms with Crippen LogP contribution in [-0.2, 0) is 7.05 Å². The molecule has 0 fully saturated rings. The van der Waals surface area contributed by atoms with Crippen molar-refractivity contribution in [2.45, 2.75) is 0 Å². The van der Waals surface area contributed by atoms with Gasteiger partial charge in [-0.2, -0.15) is 5.10 Å². The number of rotatable bonds is 1. The van der Waals surface area contributed by atoms with Crippen LogP contribution in [0.15, 0.2) is 12.5 Å². The summed E-state index contributed by atoms with van der Waals surface area (Å²) in [5, 5.41) is 5.35. The van der Waals surface area contributed by atoms with Gasteiger partial charge in [0.1, 0.15) is 12.1 Å². The minimum absolute atomic E-state index is 0.394. The Labute approximate surface area is 86.6 Å². The second-order valence-electron chi connectivity index (χ2n) is 3.22. The summed E-state index contributed by atoms with van der Waals surface area (Å²) in [5.74, 6) is 1.10. The molecule has 2 heterocycles. The lowest BCUT2D eigenvalue weighted by molar-refractivity contribution is 0.773. The third-order valence-corrected chi connectivity index (χ3v) is 2.28. The molecule has 0 aliphatic heterocycles. The van der Waals surface area contributed by atoms with E-state index >= 15 is 0 Å². The van der Waals surface area contributed by atoms with Crippen molar-refractivity contribution in [2.75, 3.05) is 5.73 Å². The second-order valence-corrected chi connectivity index (χ2v) is 3.22. The molecule has 0 aromatic carbocycles. The van der Waals surface area contributed by atoms with E-state index in [2.05, 4.69) is 28.2 Å². The Balaban J connectivity index is 2.77. The fraction of sp³-hybridized carbons (Fsp3) is 0.100. The Morgan fingerprint density at radius 2 is 2.00 bits per heavy atom. The highest BCUT2D eigenvalue weighted by molar-refractivity contribution is 5.57. The number of aromatic nitrogens is 4. The molecule has 5 heteroatoms. The Morgan fingerprint density at radius 3 is 2.60 bits per heavy atom. The summed E-state index contributed by atoms with van der Waals surface area (Å²) in [6, 6.07) is 0. The Hall–Kier alpha value is -2.17. The van der Waals surface area contributed by atoms with E-state index in [1.54, 1.807) is 17.9 Å². The molecule has 2 N–H and O–H groups in total. The van der Waals surface area contributed by atoms with E-state index in [9.17, 15) is 0 Å². The van der Waals surface area contributed by atoms with E-state index in [0.29, 0.717) is 16.9 Å². The van der Waals surface area contributed by atoms with Gasteiger partial charge in [-0.05, 0) is 5.22 Å². The SMILES string of the molecule is C=c1c(-c2ncnn2C)cnc(N)c1=C. The molecule has 0 saturated carbocycles. The summed E-state index contributed by atoms with van der Waals surface area (Å²) in [5.41, 5.74) is 6.42. The van der Waals surface area contributed by atoms with Crippen LogP contribution in [0.25, 0.3) is 24.5 Å². The summed E-state index contributed by atoms with van der Waals surface area (Å²) in [4.78, 5) is 8.15. The predicted octanol–water partition coefficient (Wildman–Crippen LogP) is -0.720. The summed E-state index contributed by atoms with van der Waals surface area (Å²) < 4.78 is 1.65. The van der Waals surface area contributed by atoms with Crippen LogP contribution in [-0.4, -0.2) is 19.7 Å². The first-order valence-electron chi connectivity index (χ1n) is 4.38. The number of anilines is 1. The van der Waals surface area contributed by atoms with Gasteiger partial charge in [0.2, 0.25) is 0 Å². The van der Waals surface area contributed by atoms with Gasteiger partial charge in [0.15, 0.2) is 5.82 Å². The van der Waals surface area contributed by atoms with Crippen LogP contribution in [0.2, 0.25) is 0 Å². The highest BCUT2D eigenvalue weighted by Crippen LogP contribution is 2.07. The van der Waals surface area contributed by atoms with Gasteiger partial charge >= 0.3 is 0 Å². The predicted molar refractivity (Wildman–Crippen MR) is 58.9 cm³/mol. The van der Waals surface area contributed by atoms with Crippen LogP contribution in [0.1, 0.15) is 0 Å². The van der Waals surface area contributed by atoms with Crippen LogP contribution in [0.5, 0.6) is 0 Å². The van der Waals surface area contributed by atoms with Crippen molar-refractivity contribution in [2.24, 2.45) is 7.05 Å². The van der Waals surface area contributed by atoms with Gasteiger partial charge in [-0.3, -0.25) is 0 Å². The average molecular weight is 201 g/mol. The first kappa shape index (κ1) is 9.39. The Kier molecular flexibility index (Phi) is 2.00. The van der Waals surface area contributed by atoms with Crippen molar-refractivity contribution in [3.63, 3.8) is 0 Å².